The van der Waals surface area contributed by atoms with Crippen molar-refractivity contribution in [2.24, 2.45) is 26.8 Å². The number of carbonyl (C=O) groups is 1. The van der Waals surface area contributed by atoms with E-state index in [1.807, 2.05) is 60.7 Å². The number of unbranched alkanes of at least 4 members (excludes halogenated alkanes) is 3. The first-order chi connectivity index (χ1) is 40.3. The number of benzene rings is 3. The first-order valence-corrected chi connectivity index (χ1v) is 29.0. The predicted octanol–water partition coefficient (Wildman–Crippen LogP) is 12.7. The fraction of sp³-hybridized carbons (Fsp3) is 0.373. The zero-order chi connectivity index (χ0) is 58.1. The Labute approximate surface area is 487 Å². The third kappa shape index (κ3) is 12.8. The van der Waals surface area contributed by atoms with Crippen LogP contribution in [0.4, 0.5) is 17.2 Å². The van der Waals surface area contributed by atoms with Gasteiger partial charge in [0.05, 0.1) is 64.7 Å². The summed E-state index contributed by atoms with van der Waals surface area (Å²) in [5.74, 6) is 7.46. The van der Waals surface area contributed by atoms with Crippen molar-refractivity contribution >= 4 is 51.2 Å². The number of nitrogens with zero attached hydrogens (tertiary/aromatic N) is 5. The average Bonchev–Trinajstić information content (AvgIpc) is 4.47. The summed E-state index contributed by atoms with van der Waals surface area (Å²) in [5, 5.41) is 18.1. The highest BCUT2D eigenvalue weighted by molar-refractivity contribution is 6.21. The maximum Gasteiger partial charge on any atom is 0.303 e. The number of hydrogen-bond donors (Lipinski definition) is 5. The van der Waals surface area contributed by atoms with Crippen LogP contribution < -0.4 is 31.0 Å². The number of carboxylic acid groups (broad SMARTS) is 1. The van der Waals surface area contributed by atoms with Gasteiger partial charge in [0.25, 0.3) is 0 Å². The molecule has 6 heterocycles. The van der Waals surface area contributed by atoms with E-state index in [9.17, 15) is 9.90 Å². The largest absolute Gasteiger partial charge is 0.487 e. The molecule has 0 spiro atoms. The molecular weight excluding hydrogens is 1040 g/mol. The van der Waals surface area contributed by atoms with Crippen molar-refractivity contribution in [2.45, 2.75) is 106 Å². The van der Waals surface area contributed by atoms with Crippen LogP contribution in [0.2, 0.25) is 0 Å². The lowest BCUT2D eigenvalue weighted by atomic mass is 9.86. The van der Waals surface area contributed by atoms with E-state index < -0.39 is 5.97 Å². The number of rotatable bonds is 24. The first kappa shape index (κ1) is 57.9. The molecule has 16 nitrogen and oxygen atoms in total. The molecule has 3 atom stereocenters. The molecule has 3 aromatic carbocycles. The Morgan fingerprint density at radius 3 is 2.28 bits per heavy atom. The SMILES string of the molecule is CCCCCCOC(C)C1=C(C)C2=NC1=CC1=NC(=CC3=C(C)C4=C(NNc5ccc(C#Cc6cccc(Nc7ncnc8cc(OCCOC)c(OCCOC)cc78)c6)cc5)CC(=C5NC(=C2)C(C)[C@@H]5CCC(=O)O)C4=N3)C(CC)=C1C. The molecule has 430 valence electrons. The first-order valence-electron chi connectivity index (χ1n) is 29.0. The number of hydrazine groups is 1. The fourth-order valence-corrected chi connectivity index (χ4v) is 11.5. The molecule has 6 aliphatic rings. The molecule has 0 radical (unpaired) electrons. The number of fused-ring (bicyclic) bond motifs is 6. The van der Waals surface area contributed by atoms with Crippen LogP contribution >= 0.6 is 0 Å². The quantitative estimate of drug-likeness (QED) is 0.0253. The van der Waals surface area contributed by atoms with Gasteiger partial charge in [0.1, 0.15) is 25.4 Å². The minimum absolute atomic E-state index is 0.0174. The van der Waals surface area contributed by atoms with Gasteiger partial charge in [0, 0.05) is 108 Å². The second-order valence-electron chi connectivity index (χ2n) is 21.6. The minimum Gasteiger partial charge on any atom is -0.487 e. The number of aromatic nitrogens is 2. The Morgan fingerprint density at radius 2 is 1.53 bits per heavy atom. The van der Waals surface area contributed by atoms with E-state index in [-0.39, 0.29) is 24.4 Å². The third-order valence-corrected chi connectivity index (χ3v) is 16.1. The Hall–Kier alpha value is -8.36. The molecule has 0 amide bonds. The van der Waals surface area contributed by atoms with Crippen molar-refractivity contribution < 1.29 is 33.6 Å². The Bertz CT molecular complexity index is 3640. The van der Waals surface area contributed by atoms with Gasteiger partial charge in [-0.05, 0) is 136 Å². The monoisotopic (exact) mass is 1120 g/mol. The normalized spacial score (nSPS) is 18.4. The van der Waals surface area contributed by atoms with Gasteiger partial charge in [-0.1, -0.05) is 57.9 Å². The van der Waals surface area contributed by atoms with Crippen molar-refractivity contribution in [1.82, 2.24) is 20.7 Å². The van der Waals surface area contributed by atoms with E-state index in [1.54, 1.807) is 14.2 Å². The van der Waals surface area contributed by atoms with E-state index in [0.717, 1.165) is 132 Å². The molecule has 16 heteroatoms. The van der Waals surface area contributed by atoms with E-state index >= 15 is 0 Å². The van der Waals surface area contributed by atoms with Gasteiger partial charge in [0.2, 0.25) is 0 Å². The number of aliphatic carboxylic acids is 1. The zero-order valence-electron chi connectivity index (χ0n) is 49.1. The number of aliphatic imine (C=N–C) groups is 3. The minimum atomic E-state index is -0.820. The van der Waals surface area contributed by atoms with Crippen LogP contribution in [0.3, 0.4) is 0 Å². The molecule has 1 aromatic heterocycles. The highest BCUT2D eigenvalue weighted by Crippen LogP contribution is 2.47. The van der Waals surface area contributed by atoms with Crippen LogP contribution in [0.5, 0.6) is 11.5 Å². The van der Waals surface area contributed by atoms with Crippen molar-refractivity contribution in [1.29, 1.82) is 0 Å². The molecular formula is C67H75N9O7. The van der Waals surface area contributed by atoms with Gasteiger partial charge in [-0.2, -0.15) is 0 Å². The van der Waals surface area contributed by atoms with Gasteiger partial charge < -0.3 is 50.3 Å². The highest BCUT2D eigenvalue weighted by atomic mass is 16.5. The van der Waals surface area contributed by atoms with Crippen LogP contribution in [-0.2, 0) is 19.0 Å². The number of carboxylic acids is 1. The number of anilines is 3. The Kier molecular flexibility index (Phi) is 18.3. The number of ether oxygens (including phenoxy) is 5. The van der Waals surface area contributed by atoms with Crippen molar-refractivity contribution in [3.05, 3.63) is 170 Å². The maximum absolute atomic E-state index is 12.2. The standard InChI is InChI=1S/C67H75N9O7/c1-10-12-13-14-26-81-43(7)63-41(5)54-34-53-40(4)49(24-25-62(77)78)65(73-53)51-32-59(64-42(6)55(74-66(51)64)35-57-48(11-2)39(3)52(71-57)36-58(63)72-54)76-75-46-22-20-44(21-23-46)18-19-45-16-15-17-47(31-45)70-67-50-33-60(82-29-27-79-8)61(83-30-28-80-9)37-56(50)68-38-69-67/h15-17,20-23,31,33-38,40,43,49,73,75-76H,10-14,24-30,32H2,1-9H3,(H,77,78)(H,68,69,70)/t40?,43?,49-/m0/s1. The van der Waals surface area contributed by atoms with Gasteiger partial charge in [-0.25, -0.2) is 24.9 Å². The Balaban J connectivity index is 0.910. The van der Waals surface area contributed by atoms with Crippen LogP contribution in [0.25, 0.3) is 10.9 Å². The smallest absolute Gasteiger partial charge is 0.303 e. The van der Waals surface area contributed by atoms with E-state index in [0.29, 0.717) is 68.7 Å². The molecule has 0 saturated carbocycles. The van der Waals surface area contributed by atoms with Crippen molar-refractivity contribution in [2.75, 3.05) is 58.0 Å². The summed E-state index contributed by atoms with van der Waals surface area (Å²) in [4.78, 5) is 37.4. The van der Waals surface area contributed by atoms with E-state index in [4.69, 9.17) is 38.7 Å². The van der Waals surface area contributed by atoms with Gasteiger partial charge >= 0.3 is 5.97 Å². The van der Waals surface area contributed by atoms with Crippen LogP contribution in [-0.4, -0.2) is 91.5 Å². The zero-order valence-corrected chi connectivity index (χ0v) is 49.1. The molecule has 5 aliphatic heterocycles. The molecule has 1 aliphatic carbocycles. The molecule has 8 bridgehead atoms. The second kappa shape index (κ2) is 26.3. The lowest BCUT2D eigenvalue weighted by Gasteiger charge is -2.17. The van der Waals surface area contributed by atoms with Gasteiger partial charge in [0.15, 0.2) is 11.5 Å². The molecule has 10 rings (SSSR count). The van der Waals surface area contributed by atoms with Gasteiger partial charge in [-0.3, -0.25) is 4.79 Å². The fourth-order valence-electron chi connectivity index (χ4n) is 11.5. The number of nitrogens with one attached hydrogen (secondary N) is 4. The lowest BCUT2D eigenvalue weighted by molar-refractivity contribution is -0.137. The van der Waals surface area contributed by atoms with Crippen LogP contribution in [0.1, 0.15) is 111 Å². The third-order valence-electron chi connectivity index (χ3n) is 16.1. The maximum atomic E-state index is 12.2. The lowest BCUT2D eigenvalue weighted by Crippen LogP contribution is -2.21. The molecule has 83 heavy (non-hydrogen) atoms. The highest BCUT2D eigenvalue weighted by Gasteiger charge is 2.41. The predicted molar refractivity (Wildman–Crippen MR) is 329 cm³/mol. The number of methoxy groups -OCH3 is 2. The molecule has 5 N–H and O–H groups in total. The summed E-state index contributed by atoms with van der Waals surface area (Å²) in [7, 11) is 3.26. The second-order valence-corrected chi connectivity index (χ2v) is 21.6. The summed E-state index contributed by atoms with van der Waals surface area (Å²) in [6.45, 7) is 17.4. The topological polar surface area (TPSA) is 194 Å². The summed E-state index contributed by atoms with van der Waals surface area (Å²) in [5.41, 5.74) is 26.9. The van der Waals surface area contributed by atoms with E-state index in [2.05, 4.69) is 110 Å². The summed E-state index contributed by atoms with van der Waals surface area (Å²) >= 11 is 0. The summed E-state index contributed by atoms with van der Waals surface area (Å²) < 4.78 is 29.0. The van der Waals surface area contributed by atoms with Crippen molar-refractivity contribution in [3.8, 4) is 23.3 Å². The summed E-state index contributed by atoms with van der Waals surface area (Å²) in [6.07, 6.45) is 14.2. The molecule has 2 unspecified atom stereocenters. The van der Waals surface area contributed by atoms with Crippen LogP contribution in [0.15, 0.2) is 173 Å². The van der Waals surface area contributed by atoms with E-state index in [1.165, 1.54) is 24.7 Å². The van der Waals surface area contributed by atoms with Crippen molar-refractivity contribution in [3.63, 3.8) is 0 Å². The van der Waals surface area contributed by atoms with Crippen LogP contribution in [0, 0.1) is 23.7 Å². The Morgan fingerprint density at radius 1 is 0.783 bits per heavy atom. The molecule has 1 saturated heterocycles. The molecule has 1 fully saturated rings. The molecule has 4 aromatic rings. The average molecular weight is 1120 g/mol. The van der Waals surface area contributed by atoms with Gasteiger partial charge in [-0.15, -0.1) is 0 Å². The summed E-state index contributed by atoms with van der Waals surface area (Å²) in [6, 6.07) is 19.6. The number of hydrogen-bond acceptors (Lipinski definition) is 15. The number of allylic oxidation sites excluding steroid dienone is 11.